The Labute approximate surface area is 105 Å². The first kappa shape index (κ1) is 14.3. The van der Waals surface area contributed by atoms with Gasteiger partial charge in [-0.25, -0.2) is 4.79 Å². The van der Waals surface area contributed by atoms with Crippen LogP contribution in [0.25, 0.3) is 0 Å². The number of rotatable bonds is 3. The normalized spacial score (nSPS) is 19.8. The molecule has 0 saturated heterocycles. The summed E-state index contributed by atoms with van der Waals surface area (Å²) in [4.78, 5) is 11.8. The Bertz CT molecular complexity index is 242. The maximum atomic E-state index is 11.8. The van der Waals surface area contributed by atoms with Crippen molar-refractivity contribution in [2.75, 3.05) is 6.54 Å². The largest absolute Gasteiger partial charge is 0.335 e. The van der Waals surface area contributed by atoms with Crippen LogP contribution in [0, 0.1) is 5.41 Å². The number of carbonyl (C=O) groups excluding carboxylic acids is 1. The first-order chi connectivity index (χ1) is 7.93. The van der Waals surface area contributed by atoms with Gasteiger partial charge in [0.25, 0.3) is 0 Å². The van der Waals surface area contributed by atoms with Crippen LogP contribution in [0.1, 0.15) is 52.9 Å². The summed E-state index contributed by atoms with van der Waals surface area (Å²) >= 11 is 0. The quantitative estimate of drug-likeness (QED) is 0.707. The topological polar surface area (TPSA) is 67.1 Å². The van der Waals surface area contributed by atoms with Gasteiger partial charge >= 0.3 is 6.03 Å². The fourth-order valence-corrected chi connectivity index (χ4v) is 2.26. The van der Waals surface area contributed by atoms with Crippen LogP contribution in [-0.2, 0) is 0 Å². The summed E-state index contributed by atoms with van der Waals surface area (Å²) in [7, 11) is 0. The van der Waals surface area contributed by atoms with E-state index in [4.69, 9.17) is 5.73 Å². The Morgan fingerprint density at radius 1 is 1.29 bits per heavy atom. The smallest absolute Gasteiger partial charge is 0.315 e. The number of nitrogens with two attached hydrogens (primary N) is 1. The second-order valence-corrected chi connectivity index (χ2v) is 6.11. The summed E-state index contributed by atoms with van der Waals surface area (Å²) in [6.07, 6.45) is 5.97. The van der Waals surface area contributed by atoms with Gasteiger partial charge in [0.15, 0.2) is 0 Å². The lowest BCUT2D eigenvalue weighted by atomic mass is 9.87. The molecule has 1 unspecified atom stereocenters. The molecule has 100 valence electrons. The van der Waals surface area contributed by atoms with Crippen LogP contribution in [0.2, 0.25) is 0 Å². The van der Waals surface area contributed by atoms with E-state index in [0.717, 1.165) is 12.8 Å². The molecule has 1 aliphatic carbocycles. The zero-order chi connectivity index (χ0) is 12.9. The van der Waals surface area contributed by atoms with E-state index in [1.165, 1.54) is 19.3 Å². The summed E-state index contributed by atoms with van der Waals surface area (Å²) in [5.74, 6) is 0. The molecule has 4 nitrogen and oxygen atoms in total. The van der Waals surface area contributed by atoms with E-state index in [9.17, 15) is 4.79 Å². The number of hydrogen-bond donors (Lipinski definition) is 3. The number of carbonyl (C=O) groups is 1. The van der Waals surface area contributed by atoms with Crippen molar-refractivity contribution in [3.8, 4) is 0 Å². The van der Waals surface area contributed by atoms with Crippen molar-refractivity contribution in [3.63, 3.8) is 0 Å². The fraction of sp³-hybridized carbons (Fsp3) is 0.923. The molecule has 1 rings (SSSR count). The minimum atomic E-state index is -0.0673. The molecule has 0 radical (unpaired) electrons. The monoisotopic (exact) mass is 241 g/mol. The minimum Gasteiger partial charge on any atom is -0.335 e. The van der Waals surface area contributed by atoms with Gasteiger partial charge in [-0.05, 0) is 18.3 Å². The van der Waals surface area contributed by atoms with Crippen molar-refractivity contribution >= 4 is 6.03 Å². The van der Waals surface area contributed by atoms with Crippen molar-refractivity contribution in [3.05, 3.63) is 0 Å². The van der Waals surface area contributed by atoms with E-state index in [2.05, 4.69) is 31.4 Å². The Morgan fingerprint density at radius 2 is 1.88 bits per heavy atom. The van der Waals surface area contributed by atoms with Gasteiger partial charge in [0, 0.05) is 18.6 Å². The molecular formula is C13H27N3O. The van der Waals surface area contributed by atoms with Gasteiger partial charge in [-0.3, -0.25) is 0 Å². The van der Waals surface area contributed by atoms with Crippen molar-refractivity contribution in [1.29, 1.82) is 0 Å². The fourth-order valence-electron chi connectivity index (χ4n) is 2.26. The number of amides is 2. The number of hydrogen-bond acceptors (Lipinski definition) is 2. The van der Waals surface area contributed by atoms with Gasteiger partial charge in [-0.1, -0.05) is 40.0 Å². The molecule has 4 N–H and O–H groups in total. The third kappa shape index (κ3) is 4.94. The molecule has 0 aliphatic heterocycles. The Hall–Kier alpha value is -0.770. The predicted octanol–water partition coefficient (Wildman–Crippen LogP) is 1.99. The van der Waals surface area contributed by atoms with Gasteiger partial charge < -0.3 is 16.4 Å². The molecule has 0 spiro atoms. The summed E-state index contributed by atoms with van der Waals surface area (Å²) in [5, 5.41) is 6.03. The van der Waals surface area contributed by atoms with E-state index in [1.807, 2.05) is 0 Å². The summed E-state index contributed by atoms with van der Waals surface area (Å²) in [6, 6.07) is 0.301. The zero-order valence-electron chi connectivity index (χ0n) is 11.4. The van der Waals surface area contributed by atoms with Gasteiger partial charge in [0.2, 0.25) is 0 Å². The van der Waals surface area contributed by atoms with Crippen LogP contribution < -0.4 is 16.4 Å². The highest BCUT2D eigenvalue weighted by molar-refractivity contribution is 5.74. The summed E-state index contributed by atoms with van der Waals surface area (Å²) in [6.45, 7) is 6.74. The highest BCUT2D eigenvalue weighted by Gasteiger charge is 2.25. The van der Waals surface area contributed by atoms with Crippen molar-refractivity contribution in [1.82, 2.24) is 10.6 Å². The molecule has 1 aliphatic rings. The molecule has 2 amide bonds. The van der Waals surface area contributed by atoms with E-state index < -0.39 is 0 Å². The van der Waals surface area contributed by atoms with E-state index >= 15 is 0 Å². The zero-order valence-corrected chi connectivity index (χ0v) is 11.4. The molecule has 1 saturated carbocycles. The lowest BCUT2D eigenvalue weighted by Crippen LogP contribution is -2.53. The van der Waals surface area contributed by atoms with Crippen LogP contribution in [0.15, 0.2) is 0 Å². The number of urea groups is 1. The van der Waals surface area contributed by atoms with Gasteiger partial charge in [0.1, 0.15) is 0 Å². The number of nitrogens with one attached hydrogen (secondary N) is 2. The Kier molecular flexibility index (Phi) is 5.25. The highest BCUT2D eigenvalue weighted by atomic mass is 16.2. The molecule has 0 heterocycles. The third-order valence-electron chi connectivity index (χ3n) is 3.53. The highest BCUT2D eigenvalue weighted by Crippen LogP contribution is 2.19. The average molecular weight is 241 g/mol. The Balaban J connectivity index is 2.37. The second-order valence-electron chi connectivity index (χ2n) is 6.11. The molecule has 1 fully saturated rings. The first-order valence-electron chi connectivity index (χ1n) is 6.70. The molecule has 1 atom stereocenters. The third-order valence-corrected chi connectivity index (χ3v) is 3.53. The molecule has 0 aromatic heterocycles. The maximum absolute atomic E-state index is 11.8. The van der Waals surface area contributed by atoms with Gasteiger partial charge in [-0.15, -0.1) is 0 Å². The van der Waals surface area contributed by atoms with Crippen LogP contribution in [0.3, 0.4) is 0 Å². The van der Waals surface area contributed by atoms with Gasteiger partial charge in [-0.2, -0.15) is 0 Å². The lowest BCUT2D eigenvalue weighted by molar-refractivity contribution is 0.212. The van der Waals surface area contributed by atoms with Crippen molar-refractivity contribution in [2.45, 2.75) is 65.0 Å². The molecule has 0 bridgehead atoms. The Morgan fingerprint density at radius 3 is 2.35 bits per heavy atom. The van der Waals surface area contributed by atoms with Crippen LogP contribution in [-0.4, -0.2) is 24.7 Å². The first-order valence-corrected chi connectivity index (χ1v) is 6.70. The second kappa shape index (κ2) is 6.24. The molecule has 4 heteroatoms. The standard InChI is InChI=1S/C13H27N3O/c1-13(2,3)11(9-14)16-12(17)15-10-7-5-4-6-8-10/h10-11H,4-9,14H2,1-3H3,(H2,15,16,17). The predicted molar refractivity (Wildman–Crippen MR) is 70.8 cm³/mol. The summed E-state index contributed by atoms with van der Waals surface area (Å²) in [5.41, 5.74) is 5.70. The van der Waals surface area contributed by atoms with Crippen LogP contribution in [0.5, 0.6) is 0 Å². The molecule has 0 aromatic carbocycles. The average Bonchev–Trinajstić information content (AvgIpc) is 2.25. The molecular weight excluding hydrogens is 214 g/mol. The SMILES string of the molecule is CC(C)(C)C(CN)NC(=O)NC1CCCCC1. The van der Waals surface area contributed by atoms with Crippen molar-refractivity contribution < 1.29 is 4.79 Å². The van der Waals surface area contributed by atoms with E-state index in [-0.39, 0.29) is 17.5 Å². The minimum absolute atomic E-state index is 0.00133. The molecule has 0 aromatic rings. The van der Waals surface area contributed by atoms with Crippen molar-refractivity contribution in [2.24, 2.45) is 11.1 Å². The van der Waals surface area contributed by atoms with Gasteiger partial charge in [0.05, 0.1) is 0 Å². The summed E-state index contributed by atoms with van der Waals surface area (Å²) < 4.78 is 0. The van der Waals surface area contributed by atoms with Crippen LogP contribution >= 0.6 is 0 Å². The molecule has 17 heavy (non-hydrogen) atoms. The van der Waals surface area contributed by atoms with E-state index in [1.54, 1.807) is 0 Å². The lowest BCUT2D eigenvalue weighted by Gasteiger charge is -2.31. The van der Waals surface area contributed by atoms with Crippen LogP contribution in [0.4, 0.5) is 4.79 Å². The van der Waals surface area contributed by atoms with E-state index in [0.29, 0.717) is 12.6 Å². The maximum Gasteiger partial charge on any atom is 0.315 e.